The van der Waals surface area contributed by atoms with Gasteiger partial charge in [0, 0.05) is 51.8 Å². The third kappa shape index (κ3) is 7.94. The van der Waals surface area contributed by atoms with Crippen LogP contribution in [0.5, 0.6) is 0 Å². The molecule has 3 rings (SSSR count). The number of rotatable bonds is 7. The van der Waals surface area contributed by atoms with Crippen molar-refractivity contribution in [1.82, 2.24) is 15.5 Å². The van der Waals surface area contributed by atoms with Gasteiger partial charge < -0.3 is 20.3 Å². The molecule has 6 heteroatoms. The zero-order valence-electron chi connectivity index (χ0n) is 19.7. The Kier molecular flexibility index (Phi) is 13.2. The third-order valence-corrected chi connectivity index (χ3v) is 5.49. The van der Waals surface area contributed by atoms with E-state index in [1.54, 1.807) is 0 Å². The van der Waals surface area contributed by atoms with E-state index in [1.165, 1.54) is 29.7 Å². The normalized spacial score (nSPS) is 16.4. The summed E-state index contributed by atoms with van der Waals surface area (Å²) >= 11 is 0. The number of aliphatic imine (C=N–C) groups is 1. The first-order valence-corrected chi connectivity index (χ1v) is 11.5. The van der Waals surface area contributed by atoms with Gasteiger partial charge in [0.25, 0.3) is 0 Å². The molecule has 6 nitrogen and oxygen atoms in total. The van der Waals surface area contributed by atoms with E-state index in [0.29, 0.717) is 6.54 Å². The van der Waals surface area contributed by atoms with Gasteiger partial charge in [0.2, 0.25) is 5.91 Å². The minimum absolute atomic E-state index is 0.151. The highest BCUT2D eigenvalue weighted by molar-refractivity contribution is 5.88. The van der Waals surface area contributed by atoms with Crippen LogP contribution in [0.15, 0.2) is 41.0 Å². The van der Waals surface area contributed by atoms with Crippen molar-refractivity contribution in [2.24, 2.45) is 10.9 Å². The van der Waals surface area contributed by atoms with Gasteiger partial charge in [0.15, 0.2) is 0 Å². The highest BCUT2D eigenvalue weighted by Crippen LogP contribution is 2.27. The average Bonchev–Trinajstić information content (AvgIpc) is 2.80. The third-order valence-electron chi connectivity index (χ3n) is 5.49. The maximum absolute atomic E-state index is 12.7. The monoisotopic (exact) mass is 428 g/mol. The molecule has 0 radical (unpaired) electrons. The van der Waals surface area contributed by atoms with E-state index in [-0.39, 0.29) is 11.8 Å². The number of unbranched alkanes of at least 4 members (excludes halogenated alkanes) is 2. The maximum atomic E-state index is 12.7. The summed E-state index contributed by atoms with van der Waals surface area (Å²) < 4.78 is 0. The molecule has 172 valence electrons. The average molecular weight is 429 g/mol. The minimum atomic E-state index is 0.151. The van der Waals surface area contributed by atoms with Crippen molar-refractivity contribution in [2.75, 3.05) is 33.2 Å². The van der Waals surface area contributed by atoms with Crippen molar-refractivity contribution in [2.45, 2.75) is 52.9 Å². The number of hydrogen-bond donors (Lipinski definition) is 2. The Labute approximate surface area is 188 Å². The van der Waals surface area contributed by atoms with Crippen LogP contribution in [-0.2, 0) is 9.59 Å². The van der Waals surface area contributed by atoms with E-state index in [4.69, 9.17) is 4.79 Å². The predicted molar refractivity (Wildman–Crippen MR) is 130 cm³/mol. The summed E-state index contributed by atoms with van der Waals surface area (Å²) in [6.45, 7) is 11.3. The summed E-state index contributed by atoms with van der Waals surface area (Å²) in [4.78, 5) is 27.2. The molecule has 1 fully saturated rings. The van der Waals surface area contributed by atoms with Gasteiger partial charge in [0.1, 0.15) is 12.6 Å². The van der Waals surface area contributed by atoms with Crippen LogP contribution in [0.4, 0.5) is 0 Å². The van der Waals surface area contributed by atoms with Crippen molar-refractivity contribution in [3.8, 4) is 0 Å². The fraction of sp³-hybridized carbons (Fsp3) is 0.560. The summed E-state index contributed by atoms with van der Waals surface area (Å²) in [5, 5.41) is 6.81. The Bertz CT molecular complexity index is 711. The fourth-order valence-electron chi connectivity index (χ4n) is 3.66. The molecule has 2 aliphatic rings. The Hall–Kier alpha value is -2.47. The van der Waals surface area contributed by atoms with Gasteiger partial charge in [0.05, 0.1) is 5.92 Å². The van der Waals surface area contributed by atoms with Gasteiger partial charge in [-0.05, 0) is 17.6 Å². The Morgan fingerprint density at radius 1 is 1.19 bits per heavy atom. The van der Waals surface area contributed by atoms with Crippen molar-refractivity contribution in [3.63, 3.8) is 0 Å². The molecular weight excluding hydrogens is 388 g/mol. The first-order chi connectivity index (χ1) is 15.2. The lowest BCUT2D eigenvalue weighted by atomic mass is 9.95. The topological polar surface area (TPSA) is 73.8 Å². The molecule has 2 N–H and O–H groups in total. The van der Waals surface area contributed by atoms with Crippen LogP contribution in [0.3, 0.4) is 0 Å². The number of carbonyl (C=O) groups is 2. The van der Waals surface area contributed by atoms with Crippen molar-refractivity contribution in [1.29, 1.82) is 0 Å². The molecule has 31 heavy (non-hydrogen) atoms. The van der Waals surface area contributed by atoms with Gasteiger partial charge in [-0.3, -0.25) is 9.79 Å². The van der Waals surface area contributed by atoms with Crippen LogP contribution in [-0.4, -0.2) is 56.7 Å². The van der Waals surface area contributed by atoms with Crippen LogP contribution in [0.1, 0.15) is 58.4 Å². The second kappa shape index (κ2) is 15.3. The Morgan fingerprint density at radius 3 is 2.42 bits per heavy atom. The molecule has 2 aliphatic heterocycles. The van der Waals surface area contributed by atoms with Gasteiger partial charge in [-0.2, -0.15) is 0 Å². The standard InChI is InChI=1S/C22H32N4O.C2H6.CH2O/c1-3-4-6-11-21(23-2)25-20-12-13-26(22(27)18-14-24-15-18)16-19(20)17-9-7-5-8-10-17;2*1-2/h5,7-10,18,24H,3-4,6,11-16H2,1-2H3,(H,23,25);1-2H3;1H2. The Morgan fingerprint density at radius 2 is 1.87 bits per heavy atom. The minimum Gasteiger partial charge on any atom is -0.347 e. The molecular formula is C25H40N4O2. The second-order valence-electron chi connectivity index (χ2n) is 7.44. The van der Waals surface area contributed by atoms with Crippen LogP contribution >= 0.6 is 0 Å². The summed E-state index contributed by atoms with van der Waals surface area (Å²) in [6.07, 6.45) is 5.42. The molecule has 0 bridgehead atoms. The Balaban J connectivity index is 0.00000113. The van der Waals surface area contributed by atoms with E-state index in [2.05, 4.69) is 46.8 Å². The van der Waals surface area contributed by atoms with E-state index < -0.39 is 0 Å². The lowest BCUT2D eigenvalue weighted by Crippen LogP contribution is -2.53. The molecule has 1 saturated heterocycles. The lowest BCUT2D eigenvalue weighted by Gasteiger charge is -2.36. The SMILES string of the molecule is C=O.CC.CCCCCC(=NC)NC1=C(c2ccccc2)CN(C(=O)C2CNC2)CC1. The molecule has 0 aromatic heterocycles. The number of nitrogens with zero attached hydrogens (tertiary/aromatic N) is 2. The van der Waals surface area contributed by atoms with Crippen LogP contribution in [0.25, 0.3) is 5.57 Å². The quantitative estimate of drug-likeness (QED) is 0.393. The summed E-state index contributed by atoms with van der Waals surface area (Å²) in [5.74, 6) is 1.49. The largest absolute Gasteiger partial charge is 0.347 e. The maximum Gasteiger partial charge on any atom is 0.228 e. The zero-order chi connectivity index (χ0) is 23.1. The number of nitrogens with one attached hydrogen (secondary N) is 2. The van der Waals surface area contributed by atoms with Crippen molar-refractivity contribution < 1.29 is 9.59 Å². The summed E-state index contributed by atoms with van der Waals surface area (Å²) in [7, 11) is 1.86. The van der Waals surface area contributed by atoms with Gasteiger partial charge >= 0.3 is 0 Å². The molecule has 1 aromatic rings. The molecule has 1 amide bonds. The van der Waals surface area contributed by atoms with Crippen LogP contribution < -0.4 is 10.6 Å². The van der Waals surface area contributed by atoms with E-state index in [9.17, 15) is 4.79 Å². The zero-order valence-corrected chi connectivity index (χ0v) is 19.7. The van der Waals surface area contributed by atoms with Crippen LogP contribution in [0, 0.1) is 5.92 Å². The van der Waals surface area contributed by atoms with Crippen molar-refractivity contribution in [3.05, 3.63) is 41.6 Å². The number of amides is 1. The van der Waals surface area contributed by atoms with E-state index >= 15 is 0 Å². The number of carbonyl (C=O) groups excluding carboxylic acids is 2. The molecule has 0 aliphatic carbocycles. The molecule has 1 aromatic carbocycles. The van der Waals surface area contributed by atoms with Crippen LogP contribution in [0.2, 0.25) is 0 Å². The van der Waals surface area contributed by atoms with Gasteiger partial charge in [-0.15, -0.1) is 0 Å². The number of hydrogen-bond acceptors (Lipinski definition) is 4. The summed E-state index contributed by atoms with van der Waals surface area (Å²) in [5.41, 5.74) is 3.63. The lowest BCUT2D eigenvalue weighted by molar-refractivity contribution is -0.136. The molecule has 0 unspecified atom stereocenters. The molecule has 0 saturated carbocycles. The van der Waals surface area contributed by atoms with Gasteiger partial charge in [-0.25, -0.2) is 0 Å². The molecule has 0 spiro atoms. The molecule has 0 atom stereocenters. The fourth-order valence-corrected chi connectivity index (χ4v) is 3.66. The second-order valence-corrected chi connectivity index (χ2v) is 7.44. The first kappa shape index (κ1) is 26.6. The first-order valence-electron chi connectivity index (χ1n) is 11.5. The predicted octanol–water partition coefficient (Wildman–Crippen LogP) is 3.89. The van der Waals surface area contributed by atoms with Gasteiger partial charge in [-0.1, -0.05) is 63.9 Å². The smallest absolute Gasteiger partial charge is 0.228 e. The highest BCUT2D eigenvalue weighted by atomic mass is 16.2. The number of amidine groups is 1. The van der Waals surface area contributed by atoms with E-state index in [0.717, 1.165) is 44.7 Å². The van der Waals surface area contributed by atoms with E-state index in [1.807, 2.05) is 38.7 Å². The molecule has 2 heterocycles. The number of benzene rings is 1. The highest BCUT2D eigenvalue weighted by Gasteiger charge is 2.32. The van der Waals surface area contributed by atoms with Crippen molar-refractivity contribution >= 4 is 24.1 Å². The summed E-state index contributed by atoms with van der Waals surface area (Å²) in [6, 6.07) is 10.4.